The first-order valence-electron chi connectivity index (χ1n) is 10.0. The van der Waals surface area contributed by atoms with Crippen LogP contribution in [0.4, 0.5) is 0 Å². The van der Waals surface area contributed by atoms with Crippen molar-refractivity contribution in [3.05, 3.63) is 36.0 Å². The van der Waals surface area contributed by atoms with Crippen LogP contribution in [-0.2, 0) is 0 Å². The molecule has 0 aliphatic carbocycles. The summed E-state index contributed by atoms with van der Waals surface area (Å²) in [6.07, 6.45) is 3.08. The lowest BCUT2D eigenvalue weighted by molar-refractivity contribution is 0.0779. The predicted molar refractivity (Wildman–Crippen MR) is 107 cm³/mol. The molecule has 2 aliphatic heterocycles. The van der Waals surface area contributed by atoms with Gasteiger partial charge in [-0.1, -0.05) is 0 Å². The van der Waals surface area contributed by atoms with E-state index < -0.39 is 0 Å². The third kappa shape index (κ3) is 4.03. The first-order chi connectivity index (χ1) is 13.1. The molecule has 1 aromatic carbocycles. The number of hydrogen-bond acceptors (Lipinski definition) is 4. The summed E-state index contributed by atoms with van der Waals surface area (Å²) in [5.74, 6) is 0.596. The molecule has 1 amide bonds. The molecule has 27 heavy (non-hydrogen) atoms. The van der Waals surface area contributed by atoms with Gasteiger partial charge in [-0.25, -0.2) is 0 Å². The second-order valence-electron chi connectivity index (χ2n) is 8.15. The summed E-state index contributed by atoms with van der Waals surface area (Å²) in [5.41, 5.74) is 1.78. The number of aromatic amines is 1. The molecular weight excluding hydrogens is 340 g/mol. The molecule has 2 fully saturated rings. The fourth-order valence-corrected chi connectivity index (χ4v) is 4.50. The van der Waals surface area contributed by atoms with Gasteiger partial charge in [-0.3, -0.25) is 4.79 Å². The SMILES string of the molecule is CN1CCCN(C[C@@H]2CN(C(=O)c3ccc4[nH]ccc4c3)C[C@@H]2CO)CC1. The van der Waals surface area contributed by atoms with Crippen LogP contribution >= 0.6 is 0 Å². The summed E-state index contributed by atoms with van der Waals surface area (Å²) in [5, 5.41) is 10.9. The molecule has 0 unspecified atom stereocenters. The average Bonchev–Trinajstić information content (AvgIpc) is 3.25. The number of likely N-dealkylation sites (N-methyl/N-ethyl adjacent to an activating group) is 1. The van der Waals surface area contributed by atoms with Crippen LogP contribution in [0, 0.1) is 11.8 Å². The largest absolute Gasteiger partial charge is 0.396 e. The lowest BCUT2D eigenvalue weighted by atomic mass is 9.96. The van der Waals surface area contributed by atoms with Crippen LogP contribution in [-0.4, -0.2) is 90.2 Å². The van der Waals surface area contributed by atoms with Crippen molar-refractivity contribution in [1.29, 1.82) is 0 Å². The third-order valence-corrected chi connectivity index (χ3v) is 6.20. The van der Waals surface area contributed by atoms with Gasteiger partial charge in [0.2, 0.25) is 0 Å². The molecule has 3 heterocycles. The van der Waals surface area contributed by atoms with Gasteiger partial charge in [-0.05, 0) is 56.7 Å². The smallest absolute Gasteiger partial charge is 0.253 e. The zero-order chi connectivity index (χ0) is 18.8. The van der Waals surface area contributed by atoms with Gasteiger partial charge in [0.05, 0.1) is 0 Å². The van der Waals surface area contributed by atoms with Crippen molar-refractivity contribution < 1.29 is 9.90 Å². The number of carbonyl (C=O) groups excluding carboxylic acids is 1. The zero-order valence-electron chi connectivity index (χ0n) is 16.1. The number of nitrogens with zero attached hydrogens (tertiary/aromatic N) is 3. The van der Waals surface area contributed by atoms with Gasteiger partial charge >= 0.3 is 0 Å². The number of aliphatic hydroxyl groups is 1. The number of aromatic nitrogens is 1. The Morgan fingerprint density at radius 2 is 2.00 bits per heavy atom. The zero-order valence-corrected chi connectivity index (χ0v) is 16.1. The van der Waals surface area contributed by atoms with Crippen molar-refractivity contribution in [3.63, 3.8) is 0 Å². The average molecular weight is 370 g/mol. The maximum absolute atomic E-state index is 13.0. The molecule has 4 rings (SSSR count). The van der Waals surface area contributed by atoms with Crippen LogP contribution < -0.4 is 0 Å². The summed E-state index contributed by atoms with van der Waals surface area (Å²) in [6.45, 7) is 6.94. The van der Waals surface area contributed by atoms with Crippen LogP contribution in [0.1, 0.15) is 16.8 Å². The molecule has 0 saturated carbocycles. The van der Waals surface area contributed by atoms with Gasteiger partial charge < -0.3 is 24.8 Å². The standard InChI is InChI=1S/C21H30N4O2/c1-23-7-2-8-24(10-9-23)12-18-13-25(14-19(18)15-26)21(27)17-3-4-20-16(11-17)5-6-22-20/h3-6,11,18-19,22,26H,2,7-10,12-15H2,1H3/t18-,19-/m1/s1. The molecule has 0 radical (unpaired) electrons. The molecule has 6 nitrogen and oxygen atoms in total. The number of carbonyl (C=O) groups is 1. The van der Waals surface area contributed by atoms with Crippen molar-refractivity contribution >= 4 is 16.8 Å². The first kappa shape index (κ1) is 18.5. The molecule has 2 saturated heterocycles. The lowest BCUT2D eigenvalue weighted by Gasteiger charge is -2.26. The minimum absolute atomic E-state index is 0.0784. The summed E-state index contributed by atoms with van der Waals surface area (Å²) in [7, 11) is 2.18. The number of fused-ring (bicyclic) bond motifs is 1. The van der Waals surface area contributed by atoms with E-state index in [0.29, 0.717) is 12.5 Å². The second kappa shape index (κ2) is 8.00. The minimum Gasteiger partial charge on any atom is -0.396 e. The molecule has 1 aromatic heterocycles. The van der Waals surface area contributed by atoms with E-state index in [1.165, 1.54) is 6.42 Å². The highest BCUT2D eigenvalue weighted by atomic mass is 16.3. The van der Waals surface area contributed by atoms with E-state index in [-0.39, 0.29) is 18.4 Å². The number of hydrogen-bond donors (Lipinski definition) is 2. The quantitative estimate of drug-likeness (QED) is 0.856. The molecule has 2 aromatic rings. The van der Waals surface area contributed by atoms with Crippen LogP contribution in [0.15, 0.2) is 30.5 Å². The molecule has 0 spiro atoms. The number of likely N-dealkylation sites (tertiary alicyclic amines) is 1. The molecule has 2 N–H and O–H groups in total. The Labute approximate surface area is 160 Å². The number of rotatable bonds is 4. The lowest BCUT2D eigenvalue weighted by Crippen LogP contribution is -2.36. The van der Waals surface area contributed by atoms with Crippen molar-refractivity contribution in [3.8, 4) is 0 Å². The fourth-order valence-electron chi connectivity index (χ4n) is 4.50. The van der Waals surface area contributed by atoms with Crippen molar-refractivity contribution in [2.24, 2.45) is 11.8 Å². The Balaban J connectivity index is 1.43. The van der Waals surface area contributed by atoms with E-state index in [9.17, 15) is 9.90 Å². The molecular formula is C21H30N4O2. The molecule has 6 heteroatoms. The van der Waals surface area contributed by atoms with Gasteiger partial charge in [0.15, 0.2) is 0 Å². The highest BCUT2D eigenvalue weighted by Gasteiger charge is 2.36. The van der Waals surface area contributed by atoms with Gasteiger partial charge in [0, 0.05) is 67.9 Å². The highest BCUT2D eigenvalue weighted by Crippen LogP contribution is 2.27. The van der Waals surface area contributed by atoms with E-state index >= 15 is 0 Å². The Kier molecular flexibility index (Phi) is 5.48. The first-order valence-corrected chi connectivity index (χ1v) is 10.0. The van der Waals surface area contributed by atoms with E-state index in [0.717, 1.165) is 55.7 Å². The summed E-state index contributed by atoms with van der Waals surface area (Å²) < 4.78 is 0. The van der Waals surface area contributed by atoms with Crippen molar-refractivity contribution in [1.82, 2.24) is 19.7 Å². The van der Waals surface area contributed by atoms with Gasteiger partial charge in [-0.2, -0.15) is 0 Å². The monoisotopic (exact) mass is 370 g/mol. The Hall–Kier alpha value is -1.89. The molecule has 2 aliphatic rings. The van der Waals surface area contributed by atoms with E-state index in [2.05, 4.69) is 21.8 Å². The van der Waals surface area contributed by atoms with Crippen LogP contribution in [0.25, 0.3) is 10.9 Å². The van der Waals surface area contributed by atoms with Crippen molar-refractivity contribution in [2.75, 3.05) is 59.5 Å². The van der Waals surface area contributed by atoms with Gasteiger partial charge in [0.25, 0.3) is 5.91 Å². The van der Waals surface area contributed by atoms with E-state index in [1.807, 2.05) is 35.4 Å². The number of nitrogens with one attached hydrogen (secondary N) is 1. The fraction of sp³-hybridized carbons (Fsp3) is 0.571. The van der Waals surface area contributed by atoms with Crippen LogP contribution in [0.2, 0.25) is 0 Å². The number of H-pyrrole nitrogens is 1. The van der Waals surface area contributed by atoms with Crippen LogP contribution in [0.3, 0.4) is 0 Å². The van der Waals surface area contributed by atoms with Gasteiger partial charge in [0.1, 0.15) is 0 Å². The summed E-state index contributed by atoms with van der Waals surface area (Å²) in [6, 6.07) is 7.81. The molecule has 0 bridgehead atoms. The normalized spacial score (nSPS) is 25.2. The second-order valence-corrected chi connectivity index (χ2v) is 8.15. The number of aliphatic hydroxyl groups excluding tert-OH is 1. The van der Waals surface area contributed by atoms with Gasteiger partial charge in [-0.15, -0.1) is 0 Å². The summed E-state index contributed by atoms with van der Waals surface area (Å²) >= 11 is 0. The number of benzene rings is 1. The Morgan fingerprint density at radius 1 is 1.15 bits per heavy atom. The van der Waals surface area contributed by atoms with E-state index in [4.69, 9.17) is 0 Å². The Morgan fingerprint density at radius 3 is 2.85 bits per heavy atom. The molecule has 146 valence electrons. The Bertz CT molecular complexity index is 789. The van der Waals surface area contributed by atoms with Crippen molar-refractivity contribution in [2.45, 2.75) is 6.42 Å². The molecule has 2 atom stereocenters. The summed E-state index contributed by atoms with van der Waals surface area (Å²) in [4.78, 5) is 23.0. The van der Waals surface area contributed by atoms with Crippen LogP contribution in [0.5, 0.6) is 0 Å². The predicted octanol–water partition coefficient (Wildman–Crippen LogP) is 1.49. The highest BCUT2D eigenvalue weighted by molar-refractivity contribution is 5.98. The maximum Gasteiger partial charge on any atom is 0.253 e. The van der Waals surface area contributed by atoms with E-state index in [1.54, 1.807) is 0 Å². The third-order valence-electron chi connectivity index (χ3n) is 6.20. The minimum atomic E-state index is 0.0784. The maximum atomic E-state index is 13.0. The topological polar surface area (TPSA) is 62.8 Å². The number of amides is 1.